The fraction of sp³-hybridized carbons (Fsp3) is 0.600. The molecule has 0 amide bonds. The minimum Gasteiger partial charge on any atom is -0.310 e. The van der Waals surface area contributed by atoms with E-state index < -0.39 is 10.8 Å². The van der Waals surface area contributed by atoms with Crippen molar-refractivity contribution in [3.63, 3.8) is 0 Å². The third-order valence-electron chi connectivity index (χ3n) is 3.73. The van der Waals surface area contributed by atoms with Crippen LogP contribution in [0.4, 0.5) is 0 Å². The Morgan fingerprint density at radius 2 is 2.00 bits per heavy atom. The maximum atomic E-state index is 11.3. The molecule has 1 fully saturated rings. The molecule has 0 spiro atoms. The van der Waals surface area contributed by atoms with Crippen molar-refractivity contribution in [2.75, 3.05) is 12.8 Å². The molecule has 3 atom stereocenters. The van der Waals surface area contributed by atoms with Crippen LogP contribution in [-0.2, 0) is 10.8 Å². The van der Waals surface area contributed by atoms with Gasteiger partial charge in [0.15, 0.2) is 0 Å². The van der Waals surface area contributed by atoms with Crippen molar-refractivity contribution in [1.29, 1.82) is 0 Å². The van der Waals surface area contributed by atoms with Crippen molar-refractivity contribution in [2.45, 2.75) is 37.5 Å². The Balaban J connectivity index is 1.86. The minimum absolute atomic E-state index is 0.285. The van der Waals surface area contributed by atoms with Crippen LogP contribution in [0.25, 0.3) is 0 Å². The lowest BCUT2D eigenvalue weighted by Gasteiger charge is -2.19. The third-order valence-corrected chi connectivity index (χ3v) is 5.10. The van der Waals surface area contributed by atoms with Gasteiger partial charge in [0.25, 0.3) is 0 Å². The minimum atomic E-state index is -0.705. The highest BCUT2D eigenvalue weighted by Crippen LogP contribution is 2.40. The Morgan fingerprint density at radius 3 is 2.56 bits per heavy atom. The summed E-state index contributed by atoms with van der Waals surface area (Å²) in [6.45, 7) is 3.02. The average Bonchev–Trinajstić information content (AvgIpc) is 3.19. The summed E-state index contributed by atoms with van der Waals surface area (Å²) >= 11 is 0. The molecular formula is C15H23NOS. The molecule has 2 nitrogen and oxygen atoms in total. The van der Waals surface area contributed by atoms with Crippen molar-refractivity contribution in [3.8, 4) is 0 Å². The molecule has 0 radical (unpaired) electrons. The van der Waals surface area contributed by atoms with Gasteiger partial charge in [-0.05, 0) is 37.3 Å². The molecule has 0 heterocycles. The summed E-state index contributed by atoms with van der Waals surface area (Å²) < 4.78 is 11.3. The van der Waals surface area contributed by atoms with E-state index in [0.29, 0.717) is 6.04 Å². The van der Waals surface area contributed by atoms with E-state index in [1.807, 2.05) is 0 Å². The second-order valence-corrected chi connectivity index (χ2v) is 7.08. The van der Waals surface area contributed by atoms with Gasteiger partial charge in [-0.25, -0.2) is 0 Å². The Kier molecular flexibility index (Phi) is 4.95. The Labute approximate surface area is 113 Å². The van der Waals surface area contributed by atoms with E-state index >= 15 is 0 Å². The van der Waals surface area contributed by atoms with Gasteiger partial charge in [-0.3, -0.25) is 4.21 Å². The molecule has 0 saturated heterocycles. The maximum absolute atomic E-state index is 11.3. The van der Waals surface area contributed by atoms with Crippen LogP contribution in [-0.4, -0.2) is 22.3 Å². The Bertz CT molecular complexity index is 389. The van der Waals surface area contributed by atoms with Crippen LogP contribution in [0.15, 0.2) is 30.3 Å². The number of benzene rings is 1. The smallest absolute Gasteiger partial charge is 0.0348 e. The van der Waals surface area contributed by atoms with Gasteiger partial charge < -0.3 is 5.32 Å². The highest BCUT2D eigenvalue weighted by Gasteiger charge is 2.31. The van der Waals surface area contributed by atoms with Gasteiger partial charge in [-0.2, -0.15) is 0 Å². The van der Waals surface area contributed by atoms with Crippen LogP contribution in [0.2, 0.25) is 0 Å². The summed E-state index contributed by atoms with van der Waals surface area (Å²) in [6.07, 6.45) is 5.45. The van der Waals surface area contributed by atoms with Crippen molar-refractivity contribution < 1.29 is 4.21 Å². The molecule has 3 heteroatoms. The highest BCUT2D eigenvalue weighted by molar-refractivity contribution is 7.84. The Hall–Kier alpha value is -0.670. The molecule has 2 rings (SSSR count). The van der Waals surface area contributed by atoms with Gasteiger partial charge in [0, 0.05) is 28.3 Å². The van der Waals surface area contributed by atoms with Crippen molar-refractivity contribution in [3.05, 3.63) is 35.9 Å². The zero-order chi connectivity index (χ0) is 13.0. The van der Waals surface area contributed by atoms with Crippen molar-refractivity contribution in [2.24, 2.45) is 5.92 Å². The summed E-state index contributed by atoms with van der Waals surface area (Å²) in [5.74, 6) is 0.801. The number of nitrogens with one attached hydrogen (secondary N) is 1. The predicted molar refractivity (Wildman–Crippen MR) is 78.1 cm³/mol. The first-order chi connectivity index (χ1) is 8.68. The maximum Gasteiger partial charge on any atom is 0.0348 e. The van der Waals surface area contributed by atoms with Crippen LogP contribution in [0.3, 0.4) is 0 Å². The molecule has 0 bridgehead atoms. The molecule has 0 aliphatic heterocycles. The summed E-state index contributed by atoms with van der Waals surface area (Å²) in [6, 6.07) is 11.2. The average molecular weight is 265 g/mol. The lowest BCUT2D eigenvalue weighted by atomic mass is 10.0. The van der Waals surface area contributed by atoms with E-state index in [1.54, 1.807) is 6.26 Å². The van der Waals surface area contributed by atoms with E-state index in [9.17, 15) is 4.21 Å². The highest BCUT2D eigenvalue weighted by atomic mass is 32.2. The first kappa shape index (κ1) is 13.8. The normalized spacial score (nSPS) is 20.3. The van der Waals surface area contributed by atoms with Gasteiger partial charge >= 0.3 is 0 Å². The first-order valence-electron chi connectivity index (χ1n) is 6.79. The van der Waals surface area contributed by atoms with Crippen LogP contribution >= 0.6 is 0 Å². The molecule has 1 aromatic rings. The number of hydrogen-bond donors (Lipinski definition) is 1. The summed E-state index contributed by atoms with van der Waals surface area (Å²) in [5, 5.41) is 3.93. The molecule has 100 valence electrons. The molecule has 1 N–H and O–H groups in total. The lowest BCUT2D eigenvalue weighted by molar-refractivity contribution is 0.474. The topological polar surface area (TPSA) is 29.1 Å². The summed E-state index contributed by atoms with van der Waals surface area (Å²) in [5.41, 5.74) is 1.39. The van der Waals surface area contributed by atoms with E-state index in [0.717, 1.165) is 18.9 Å². The molecule has 1 aromatic carbocycles. The van der Waals surface area contributed by atoms with Crippen molar-refractivity contribution >= 4 is 10.8 Å². The van der Waals surface area contributed by atoms with E-state index in [2.05, 4.69) is 42.6 Å². The largest absolute Gasteiger partial charge is 0.310 e. The van der Waals surface area contributed by atoms with E-state index in [1.165, 1.54) is 18.4 Å². The fourth-order valence-corrected chi connectivity index (χ4v) is 2.70. The fourth-order valence-electron chi connectivity index (χ4n) is 2.25. The SMILES string of the molecule is CC(CCNC(c1ccccc1)C1CC1)S(C)=O. The monoisotopic (exact) mass is 265 g/mol. The zero-order valence-electron chi connectivity index (χ0n) is 11.3. The van der Waals surface area contributed by atoms with Gasteiger partial charge in [0.1, 0.15) is 0 Å². The molecule has 3 unspecified atom stereocenters. The zero-order valence-corrected chi connectivity index (χ0v) is 12.1. The third kappa shape index (κ3) is 3.92. The number of hydrogen-bond acceptors (Lipinski definition) is 2. The van der Waals surface area contributed by atoms with Gasteiger partial charge in [-0.15, -0.1) is 0 Å². The van der Waals surface area contributed by atoms with E-state index in [4.69, 9.17) is 0 Å². The quantitative estimate of drug-likeness (QED) is 0.821. The summed E-state index contributed by atoms with van der Waals surface area (Å²) in [7, 11) is -0.705. The first-order valence-corrected chi connectivity index (χ1v) is 8.41. The molecule has 1 aliphatic carbocycles. The second kappa shape index (κ2) is 6.48. The van der Waals surface area contributed by atoms with Crippen molar-refractivity contribution in [1.82, 2.24) is 5.32 Å². The van der Waals surface area contributed by atoms with Gasteiger partial charge in [0.2, 0.25) is 0 Å². The van der Waals surface area contributed by atoms with Gasteiger partial charge in [0.05, 0.1) is 0 Å². The lowest BCUT2D eigenvalue weighted by Crippen LogP contribution is -2.27. The Morgan fingerprint density at radius 1 is 1.33 bits per heavy atom. The van der Waals surface area contributed by atoms with Crippen LogP contribution in [0, 0.1) is 5.92 Å². The molecular weight excluding hydrogens is 242 g/mol. The number of rotatable bonds is 7. The second-order valence-electron chi connectivity index (χ2n) is 5.28. The summed E-state index contributed by atoms with van der Waals surface area (Å²) in [4.78, 5) is 0. The van der Waals surface area contributed by atoms with Crippen LogP contribution in [0.5, 0.6) is 0 Å². The standard InChI is InChI=1S/C15H23NOS/c1-12(18(2)17)10-11-16-15(14-8-9-14)13-6-4-3-5-7-13/h3-7,12,14-16H,8-11H2,1-2H3. The van der Waals surface area contributed by atoms with Crippen LogP contribution < -0.4 is 5.32 Å². The molecule has 1 aliphatic rings. The van der Waals surface area contributed by atoms with Gasteiger partial charge in [-0.1, -0.05) is 37.3 Å². The van der Waals surface area contributed by atoms with Crippen LogP contribution in [0.1, 0.15) is 37.8 Å². The molecule has 0 aromatic heterocycles. The van der Waals surface area contributed by atoms with E-state index in [-0.39, 0.29) is 5.25 Å². The molecule has 18 heavy (non-hydrogen) atoms. The predicted octanol–water partition coefficient (Wildman–Crippen LogP) is 2.88. The molecule has 1 saturated carbocycles.